The Labute approximate surface area is 98.0 Å². The lowest BCUT2D eigenvalue weighted by Crippen LogP contribution is -2.04. The van der Waals surface area contributed by atoms with Crippen molar-refractivity contribution in [3.63, 3.8) is 0 Å². The number of aromatic nitrogens is 1. The summed E-state index contributed by atoms with van der Waals surface area (Å²) >= 11 is 12.1. The molecule has 0 aliphatic rings. The van der Waals surface area contributed by atoms with E-state index in [1.165, 1.54) is 0 Å². The van der Waals surface area contributed by atoms with Crippen molar-refractivity contribution in [2.24, 2.45) is 5.73 Å². The molecular weight excluding hydrogens is 231 g/mol. The molecule has 0 spiro atoms. The fraction of sp³-hybridized carbons (Fsp3) is 0.182. The van der Waals surface area contributed by atoms with Crippen LogP contribution in [0.4, 0.5) is 0 Å². The molecular formula is C11H10Cl2N2. The van der Waals surface area contributed by atoms with Gasteiger partial charge in [-0.15, -0.1) is 0 Å². The molecule has 2 rings (SSSR count). The van der Waals surface area contributed by atoms with Gasteiger partial charge >= 0.3 is 0 Å². The first-order valence-corrected chi connectivity index (χ1v) is 5.40. The van der Waals surface area contributed by atoms with Gasteiger partial charge in [0.2, 0.25) is 0 Å². The molecule has 0 saturated carbocycles. The van der Waals surface area contributed by atoms with E-state index < -0.39 is 0 Å². The predicted molar refractivity (Wildman–Crippen MR) is 64.5 cm³/mol. The zero-order valence-electron chi connectivity index (χ0n) is 8.00. The molecule has 1 heterocycles. The first kappa shape index (κ1) is 10.7. The molecule has 15 heavy (non-hydrogen) atoms. The summed E-state index contributed by atoms with van der Waals surface area (Å²) in [6.45, 7) is 0.561. The molecule has 4 heteroatoms. The summed E-state index contributed by atoms with van der Waals surface area (Å²) in [4.78, 5) is 4.28. The maximum Gasteiger partial charge on any atom is 0.0517 e. The van der Waals surface area contributed by atoms with E-state index in [1.807, 2.05) is 12.1 Å². The fourth-order valence-electron chi connectivity index (χ4n) is 1.63. The van der Waals surface area contributed by atoms with E-state index in [2.05, 4.69) is 4.98 Å². The van der Waals surface area contributed by atoms with Crippen molar-refractivity contribution in [3.05, 3.63) is 40.1 Å². The minimum Gasteiger partial charge on any atom is -0.330 e. The molecule has 2 aromatic rings. The quantitative estimate of drug-likeness (QED) is 0.877. The van der Waals surface area contributed by atoms with E-state index in [9.17, 15) is 0 Å². The van der Waals surface area contributed by atoms with E-state index in [0.29, 0.717) is 16.6 Å². The molecule has 1 aromatic heterocycles. The molecule has 0 radical (unpaired) electrons. The van der Waals surface area contributed by atoms with Crippen molar-refractivity contribution in [2.75, 3.05) is 6.54 Å². The molecule has 0 saturated heterocycles. The van der Waals surface area contributed by atoms with Crippen molar-refractivity contribution in [1.82, 2.24) is 4.98 Å². The Hall–Kier alpha value is -0.830. The van der Waals surface area contributed by atoms with Gasteiger partial charge in [0.1, 0.15) is 0 Å². The second kappa shape index (κ2) is 4.35. The van der Waals surface area contributed by atoms with E-state index >= 15 is 0 Å². The van der Waals surface area contributed by atoms with Gasteiger partial charge in [0.05, 0.1) is 10.7 Å². The molecule has 2 N–H and O–H groups in total. The molecule has 0 unspecified atom stereocenters. The van der Waals surface area contributed by atoms with Crippen LogP contribution in [-0.4, -0.2) is 11.5 Å². The summed E-state index contributed by atoms with van der Waals surface area (Å²) in [6, 6.07) is 5.50. The van der Waals surface area contributed by atoms with E-state index in [1.54, 1.807) is 12.3 Å². The van der Waals surface area contributed by atoms with Gasteiger partial charge in [0.15, 0.2) is 0 Å². The zero-order valence-corrected chi connectivity index (χ0v) is 9.52. The number of fused-ring (bicyclic) bond motifs is 1. The summed E-state index contributed by atoms with van der Waals surface area (Å²) < 4.78 is 0. The molecule has 78 valence electrons. The predicted octanol–water partition coefficient (Wildman–Crippen LogP) is 3.04. The van der Waals surface area contributed by atoms with Gasteiger partial charge in [0.25, 0.3) is 0 Å². The second-order valence-corrected chi connectivity index (χ2v) is 4.13. The summed E-state index contributed by atoms with van der Waals surface area (Å²) in [5.41, 5.74) is 6.45. The van der Waals surface area contributed by atoms with Gasteiger partial charge in [-0.25, -0.2) is 0 Å². The van der Waals surface area contributed by atoms with Crippen LogP contribution in [0.15, 0.2) is 24.4 Å². The van der Waals surface area contributed by atoms with Crippen molar-refractivity contribution in [3.8, 4) is 0 Å². The Morgan fingerprint density at radius 1 is 1.27 bits per heavy atom. The number of pyridine rings is 1. The van der Waals surface area contributed by atoms with Gasteiger partial charge < -0.3 is 5.73 Å². The lowest BCUT2D eigenvalue weighted by molar-refractivity contribution is 0.935. The van der Waals surface area contributed by atoms with Gasteiger partial charge in [0, 0.05) is 23.0 Å². The maximum absolute atomic E-state index is 6.14. The summed E-state index contributed by atoms with van der Waals surface area (Å²) in [6.07, 6.45) is 2.47. The average molecular weight is 241 g/mol. The van der Waals surface area contributed by atoms with Crippen molar-refractivity contribution in [2.45, 2.75) is 6.42 Å². The van der Waals surface area contributed by atoms with Crippen LogP contribution in [-0.2, 0) is 6.42 Å². The highest BCUT2D eigenvalue weighted by Crippen LogP contribution is 2.29. The van der Waals surface area contributed by atoms with Crippen LogP contribution in [0.5, 0.6) is 0 Å². The number of hydrogen-bond acceptors (Lipinski definition) is 2. The Kier molecular flexibility index (Phi) is 3.10. The molecule has 1 aromatic carbocycles. The fourth-order valence-corrected chi connectivity index (χ4v) is 2.25. The minimum atomic E-state index is 0.561. The normalized spacial score (nSPS) is 10.9. The molecule has 2 nitrogen and oxygen atoms in total. The van der Waals surface area contributed by atoms with Gasteiger partial charge in [-0.3, -0.25) is 4.98 Å². The third kappa shape index (κ3) is 2.07. The van der Waals surface area contributed by atoms with Gasteiger partial charge in [-0.1, -0.05) is 23.2 Å². The SMILES string of the molecule is NCCc1nccc2cc(Cl)cc(Cl)c12. The highest BCUT2D eigenvalue weighted by molar-refractivity contribution is 6.38. The van der Waals surface area contributed by atoms with Gasteiger partial charge in [-0.05, 0) is 30.1 Å². The number of halogens is 2. The second-order valence-electron chi connectivity index (χ2n) is 3.28. The van der Waals surface area contributed by atoms with Crippen LogP contribution >= 0.6 is 23.2 Å². The summed E-state index contributed by atoms with van der Waals surface area (Å²) in [5, 5.41) is 3.23. The third-order valence-electron chi connectivity index (χ3n) is 2.24. The monoisotopic (exact) mass is 240 g/mol. The number of hydrogen-bond donors (Lipinski definition) is 1. The smallest absolute Gasteiger partial charge is 0.0517 e. The van der Waals surface area contributed by atoms with E-state index in [-0.39, 0.29) is 0 Å². The Morgan fingerprint density at radius 3 is 2.80 bits per heavy atom. The number of benzene rings is 1. The van der Waals surface area contributed by atoms with E-state index in [0.717, 1.165) is 22.9 Å². The first-order valence-electron chi connectivity index (χ1n) is 4.65. The van der Waals surface area contributed by atoms with Crippen LogP contribution in [0.2, 0.25) is 10.0 Å². The topological polar surface area (TPSA) is 38.9 Å². The minimum absolute atomic E-state index is 0.561. The van der Waals surface area contributed by atoms with Gasteiger partial charge in [-0.2, -0.15) is 0 Å². The number of nitrogens with zero attached hydrogens (tertiary/aromatic N) is 1. The standard InChI is InChI=1S/C11H10Cl2N2/c12-8-5-7-2-4-15-10(1-3-14)11(7)9(13)6-8/h2,4-6H,1,3,14H2. The largest absolute Gasteiger partial charge is 0.330 e. The molecule has 0 bridgehead atoms. The number of nitrogens with two attached hydrogens (primary N) is 1. The lowest BCUT2D eigenvalue weighted by atomic mass is 10.1. The Morgan fingerprint density at radius 2 is 2.07 bits per heavy atom. The highest BCUT2D eigenvalue weighted by atomic mass is 35.5. The van der Waals surface area contributed by atoms with Crippen molar-refractivity contribution in [1.29, 1.82) is 0 Å². The lowest BCUT2D eigenvalue weighted by Gasteiger charge is -2.06. The van der Waals surface area contributed by atoms with Crippen molar-refractivity contribution < 1.29 is 0 Å². The number of rotatable bonds is 2. The van der Waals surface area contributed by atoms with Crippen molar-refractivity contribution >= 4 is 34.0 Å². The molecule has 0 aliphatic heterocycles. The Bertz CT molecular complexity index is 497. The highest BCUT2D eigenvalue weighted by Gasteiger charge is 2.07. The summed E-state index contributed by atoms with van der Waals surface area (Å²) in [5.74, 6) is 0. The van der Waals surface area contributed by atoms with E-state index in [4.69, 9.17) is 28.9 Å². The molecule has 0 atom stereocenters. The van der Waals surface area contributed by atoms with Crippen LogP contribution in [0.1, 0.15) is 5.69 Å². The van der Waals surface area contributed by atoms with Crippen LogP contribution in [0.3, 0.4) is 0 Å². The maximum atomic E-state index is 6.14. The summed E-state index contributed by atoms with van der Waals surface area (Å²) in [7, 11) is 0. The molecule has 0 aliphatic carbocycles. The zero-order chi connectivity index (χ0) is 10.8. The average Bonchev–Trinajstić information content (AvgIpc) is 2.17. The Balaban J connectivity index is 2.73. The van der Waals surface area contributed by atoms with Crippen LogP contribution in [0.25, 0.3) is 10.8 Å². The first-order chi connectivity index (χ1) is 7.22. The molecule has 0 amide bonds. The van der Waals surface area contributed by atoms with Crippen LogP contribution < -0.4 is 5.73 Å². The third-order valence-corrected chi connectivity index (χ3v) is 2.76. The molecule has 0 fully saturated rings. The van der Waals surface area contributed by atoms with Crippen LogP contribution in [0, 0.1) is 0 Å².